The van der Waals surface area contributed by atoms with Crippen molar-refractivity contribution in [2.24, 2.45) is 4.99 Å². The summed E-state index contributed by atoms with van der Waals surface area (Å²) in [4.78, 5) is 19.2. The van der Waals surface area contributed by atoms with Crippen LogP contribution in [-0.2, 0) is 4.74 Å². The minimum atomic E-state index is -0.216. The Labute approximate surface area is 142 Å². The molecular formula is C19H21N3O2. The molecule has 5 nitrogen and oxygen atoms in total. The maximum Gasteiger partial charge on any atom is 0.256 e. The highest BCUT2D eigenvalue weighted by Gasteiger charge is 2.35. The highest BCUT2D eigenvalue weighted by molar-refractivity contribution is 5.96. The van der Waals surface area contributed by atoms with E-state index in [1.54, 1.807) is 12.1 Å². The molecule has 0 saturated carbocycles. The van der Waals surface area contributed by atoms with E-state index >= 15 is 0 Å². The lowest BCUT2D eigenvalue weighted by Crippen LogP contribution is -2.57. The summed E-state index contributed by atoms with van der Waals surface area (Å²) < 4.78 is 5.60. The van der Waals surface area contributed by atoms with E-state index < -0.39 is 0 Å². The van der Waals surface area contributed by atoms with Gasteiger partial charge in [-0.1, -0.05) is 12.0 Å². The number of fused-ring (bicyclic) bond motifs is 1. The molecule has 0 radical (unpaired) electrons. The molecule has 0 aliphatic carbocycles. The van der Waals surface area contributed by atoms with E-state index in [0.29, 0.717) is 31.1 Å². The summed E-state index contributed by atoms with van der Waals surface area (Å²) >= 11 is 0. The number of rotatable bonds is 2. The molecule has 0 bridgehead atoms. The number of benzene rings is 1. The van der Waals surface area contributed by atoms with Crippen LogP contribution in [0.15, 0.2) is 35.1 Å². The quantitative estimate of drug-likeness (QED) is 0.848. The van der Waals surface area contributed by atoms with Crippen molar-refractivity contribution in [1.82, 2.24) is 10.2 Å². The highest BCUT2D eigenvalue weighted by atomic mass is 16.5. The van der Waals surface area contributed by atoms with Gasteiger partial charge in [-0.3, -0.25) is 4.79 Å². The lowest BCUT2D eigenvalue weighted by Gasteiger charge is -2.45. The normalized spacial score (nSPS) is 18.8. The van der Waals surface area contributed by atoms with Crippen LogP contribution in [0.25, 0.3) is 0 Å². The van der Waals surface area contributed by atoms with E-state index in [2.05, 4.69) is 35.0 Å². The molecule has 0 atom stereocenters. The largest absolute Gasteiger partial charge is 0.371 e. The second kappa shape index (κ2) is 6.14. The number of nitrogens with zero attached hydrogens (tertiary/aromatic N) is 2. The van der Waals surface area contributed by atoms with Crippen LogP contribution >= 0.6 is 0 Å². The van der Waals surface area contributed by atoms with Gasteiger partial charge in [-0.05, 0) is 44.5 Å². The average Bonchev–Trinajstić information content (AvgIpc) is 2.54. The summed E-state index contributed by atoms with van der Waals surface area (Å²) in [5, 5.41) is 2.85. The van der Waals surface area contributed by atoms with Gasteiger partial charge in [0.25, 0.3) is 5.91 Å². The first-order chi connectivity index (χ1) is 11.4. The van der Waals surface area contributed by atoms with Gasteiger partial charge in [0.1, 0.15) is 18.3 Å². The molecule has 124 valence electrons. The number of terminal acetylenes is 1. The Balaban J connectivity index is 1.76. The third kappa shape index (κ3) is 3.06. The number of hydrogen-bond acceptors (Lipinski definition) is 4. The van der Waals surface area contributed by atoms with Gasteiger partial charge in [-0.15, -0.1) is 6.42 Å². The predicted molar refractivity (Wildman–Crippen MR) is 93.7 cm³/mol. The number of amides is 1. The smallest absolute Gasteiger partial charge is 0.256 e. The van der Waals surface area contributed by atoms with Gasteiger partial charge >= 0.3 is 0 Å². The Morgan fingerprint density at radius 2 is 2.25 bits per heavy atom. The SMILES string of the molecule is C#Cc1cc(C(=O)NC2=CCN3C(=N2)COCC3(C)C)ccc1C. The predicted octanol–water partition coefficient (Wildman–Crippen LogP) is 2.07. The summed E-state index contributed by atoms with van der Waals surface area (Å²) in [5.41, 5.74) is 2.13. The van der Waals surface area contributed by atoms with Crippen molar-refractivity contribution in [1.29, 1.82) is 0 Å². The fraction of sp³-hybridized carbons (Fsp3) is 0.368. The molecule has 1 aromatic carbocycles. The third-order valence-electron chi connectivity index (χ3n) is 4.34. The molecule has 5 heteroatoms. The second-order valence-corrected chi connectivity index (χ2v) is 6.66. The maximum atomic E-state index is 12.4. The van der Waals surface area contributed by atoms with Crippen LogP contribution < -0.4 is 5.32 Å². The average molecular weight is 323 g/mol. The van der Waals surface area contributed by atoms with Crippen LogP contribution in [0.1, 0.15) is 35.3 Å². The summed E-state index contributed by atoms with van der Waals surface area (Å²) in [6.07, 6.45) is 7.39. The Hall–Kier alpha value is -2.58. The third-order valence-corrected chi connectivity index (χ3v) is 4.34. The lowest BCUT2D eigenvalue weighted by atomic mass is 10.0. The zero-order chi connectivity index (χ0) is 17.3. The van der Waals surface area contributed by atoms with E-state index in [0.717, 1.165) is 17.0 Å². The van der Waals surface area contributed by atoms with Gasteiger partial charge in [-0.2, -0.15) is 0 Å². The summed E-state index contributed by atoms with van der Waals surface area (Å²) in [7, 11) is 0. The zero-order valence-corrected chi connectivity index (χ0v) is 14.2. The topological polar surface area (TPSA) is 53.9 Å². The number of morpholine rings is 1. The fourth-order valence-corrected chi connectivity index (χ4v) is 2.89. The molecule has 24 heavy (non-hydrogen) atoms. The molecule has 2 aliphatic rings. The first kappa shape index (κ1) is 16.3. The summed E-state index contributed by atoms with van der Waals surface area (Å²) in [5.74, 6) is 3.77. The Bertz CT molecular complexity index is 784. The van der Waals surface area contributed by atoms with Gasteiger partial charge < -0.3 is 15.0 Å². The number of ether oxygens (including phenoxy) is 1. The van der Waals surface area contributed by atoms with Crippen LogP contribution in [0.5, 0.6) is 0 Å². The van der Waals surface area contributed by atoms with Crippen molar-refractivity contribution in [3.8, 4) is 12.3 Å². The molecule has 0 unspecified atom stereocenters. The zero-order valence-electron chi connectivity index (χ0n) is 14.2. The number of carbonyl (C=O) groups is 1. The number of amidine groups is 1. The van der Waals surface area contributed by atoms with Crippen LogP contribution in [0.2, 0.25) is 0 Å². The van der Waals surface area contributed by atoms with E-state index in [4.69, 9.17) is 11.2 Å². The molecule has 3 rings (SSSR count). The van der Waals surface area contributed by atoms with Crippen molar-refractivity contribution in [2.75, 3.05) is 19.8 Å². The number of hydrogen-bond donors (Lipinski definition) is 1. The van der Waals surface area contributed by atoms with Crippen molar-refractivity contribution in [2.45, 2.75) is 26.3 Å². The van der Waals surface area contributed by atoms with Gasteiger partial charge in [0.2, 0.25) is 0 Å². The van der Waals surface area contributed by atoms with E-state index in [-0.39, 0.29) is 11.4 Å². The second-order valence-electron chi connectivity index (χ2n) is 6.66. The first-order valence-electron chi connectivity index (χ1n) is 7.92. The van der Waals surface area contributed by atoms with E-state index in [1.165, 1.54) is 0 Å². The molecule has 0 aromatic heterocycles. The van der Waals surface area contributed by atoms with Crippen LogP contribution in [0.3, 0.4) is 0 Å². The van der Waals surface area contributed by atoms with Crippen molar-refractivity contribution >= 4 is 11.7 Å². The Kier molecular flexibility index (Phi) is 4.16. The van der Waals surface area contributed by atoms with Crippen molar-refractivity contribution < 1.29 is 9.53 Å². The van der Waals surface area contributed by atoms with Gasteiger partial charge in [-0.25, -0.2) is 4.99 Å². The fourth-order valence-electron chi connectivity index (χ4n) is 2.89. The molecule has 1 aromatic rings. The number of carbonyl (C=O) groups excluding carboxylic acids is 1. The molecule has 1 N–H and O–H groups in total. The highest BCUT2D eigenvalue weighted by Crippen LogP contribution is 2.23. The van der Waals surface area contributed by atoms with Gasteiger partial charge in [0.15, 0.2) is 0 Å². The van der Waals surface area contributed by atoms with E-state index in [9.17, 15) is 4.79 Å². The Morgan fingerprint density at radius 1 is 1.46 bits per heavy atom. The number of aryl methyl sites for hydroxylation is 1. The van der Waals surface area contributed by atoms with E-state index in [1.807, 2.05) is 19.1 Å². The molecule has 2 heterocycles. The summed E-state index contributed by atoms with van der Waals surface area (Å²) in [6, 6.07) is 5.34. The number of aliphatic imine (C=N–C) groups is 1. The molecule has 1 saturated heterocycles. The van der Waals surface area contributed by atoms with Crippen molar-refractivity contribution in [3.05, 3.63) is 46.8 Å². The minimum Gasteiger partial charge on any atom is -0.371 e. The standard InChI is InChI=1S/C19H21N3O2/c1-5-14-10-15(7-6-13(14)2)18(23)21-16-8-9-22-17(20-16)11-24-12-19(22,3)4/h1,6-8,10H,9,11-12H2,2-4H3,(H,21,23). The van der Waals surface area contributed by atoms with Crippen LogP contribution in [0.4, 0.5) is 0 Å². The Morgan fingerprint density at radius 3 is 3.00 bits per heavy atom. The first-order valence-corrected chi connectivity index (χ1v) is 7.92. The number of nitrogens with one attached hydrogen (secondary N) is 1. The van der Waals surface area contributed by atoms with Gasteiger partial charge in [0, 0.05) is 17.7 Å². The summed E-state index contributed by atoms with van der Waals surface area (Å²) in [6.45, 7) is 7.99. The maximum absolute atomic E-state index is 12.4. The lowest BCUT2D eigenvalue weighted by molar-refractivity contribution is 0.0278. The monoisotopic (exact) mass is 323 g/mol. The van der Waals surface area contributed by atoms with Crippen LogP contribution in [0, 0.1) is 19.3 Å². The molecule has 1 fully saturated rings. The minimum absolute atomic E-state index is 0.0955. The molecule has 2 aliphatic heterocycles. The molecule has 0 spiro atoms. The molecular weight excluding hydrogens is 302 g/mol. The van der Waals surface area contributed by atoms with Crippen LogP contribution in [-0.4, -0.2) is 41.9 Å². The van der Waals surface area contributed by atoms with Gasteiger partial charge in [0.05, 0.1) is 12.1 Å². The van der Waals surface area contributed by atoms with Crippen molar-refractivity contribution in [3.63, 3.8) is 0 Å². The molecule has 1 amide bonds.